The van der Waals surface area contributed by atoms with Crippen LogP contribution >= 0.6 is 11.6 Å². The van der Waals surface area contributed by atoms with E-state index in [4.69, 9.17) is 16.3 Å². The van der Waals surface area contributed by atoms with Crippen LogP contribution in [-0.2, 0) is 10.0 Å². The minimum absolute atomic E-state index is 0.0928. The molecule has 2 aromatic rings. The Hall–Kier alpha value is -2.00. The second kappa shape index (κ2) is 9.01. The fraction of sp³-hybridized carbons (Fsp3) is 0.400. The number of rotatable bonds is 6. The van der Waals surface area contributed by atoms with Gasteiger partial charge in [0.25, 0.3) is 0 Å². The molecule has 2 aromatic carbocycles. The van der Waals surface area contributed by atoms with E-state index in [0.717, 1.165) is 38.2 Å². The number of alkyl halides is 3. The third kappa shape index (κ3) is 5.37. The second-order valence-corrected chi connectivity index (χ2v) is 9.14. The molecule has 1 unspecified atom stereocenters. The molecule has 0 radical (unpaired) electrons. The van der Waals surface area contributed by atoms with Crippen LogP contribution < -0.4 is 4.74 Å². The lowest BCUT2D eigenvalue weighted by Gasteiger charge is -2.35. The standard InChI is InChI=1S/C20H19ClF4NO3S/c21-14-6-11-18(26-30(27,28)20(23,24)25)17(12-14)19(13-4-2-1-3-5-13)29-16-9-7-15(22)8-10-16/h6-13,19H,1-5H2/q-1. The van der Waals surface area contributed by atoms with E-state index in [1.807, 2.05) is 0 Å². The molecule has 0 bridgehead atoms. The van der Waals surface area contributed by atoms with Crippen LogP contribution in [0.4, 0.5) is 23.2 Å². The van der Waals surface area contributed by atoms with Crippen molar-refractivity contribution >= 4 is 27.3 Å². The van der Waals surface area contributed by atoms with Crippen LogP contribution in [0.1, 0.15) is 43.8 Å². The molecule has 1 atom stereocenters. The molecule has 4 nitrogen and oxygen atoms in total. The lowest BCUT2D eigenvalue weighted by molar-refractivity contribution is -0.0425. The van der Waals surface area contributed by atoms with Gasteiger partial charge in [-0.3, -0.25) is 0 Å². The minimum Gasteiger partial charge on any atom is -0.569 e. The van der Waals surface area contributed by atoms with E-state index in [9.17, 15) is 26.0 Å². The second-order valence-electron chi connectivity index (χ2n) is 7.11. The van der Waals surface area contributed by atoms with E-state index in [-0.39, 0.29) is 22.2 Å². The molecule has 0 aromatic heterocycles. The summed E-state index contributed by atoms with van der Waals surface area (Å²) >= 11 is 6.07. The van der Waals surface area contributed by atoms with Crippen molar-refractivity contribution in [1.29, 1.82) is 0 Å². The number of benzene rings is 2. The molecule has 1 aliphatic rings. The topological polar surface area (TPSA) is 57.5 Å². The molecular formula is C20H19ClF4NO3S-. The molecule has 0 aliphatic heterocycles. The molecule has 30 heavy (non-hydrogen) atoms. The number of nitrogens with zero attached hydrogens (tertiary/aromatic N) is 1. The van der Waals surface area contributed by atoms with Gasteiger partial charge in [0, 0.05) is 10.9 Å². The van der Waals surface area contributed by atoms with E-state index in [2.05, 4.69) is 4.72 Å². The predicted molar refractivity (Wildman–Crippen MR) is 106 cm³/mol. The average molecular weight is 465 g/mol. The van der Waals surface area contributed by atoms with Gasteiger partial charge in [0.1, 0.15) is 17.7 Å². The molecule has 0 amide bonds. The Morgan fingerprint density at radius 3 is 2.27 bits per heavy atom. The van der Waals surface area contributed by atoms with Gasteiger partial charge in [-0.2, -0.15) is 13.2 Å². The van der Waals surface area contributed by atoms with Crippen molar-refractivity contribution in [2.24, 2.45) is 5.92 Å². The first-order valence-corrected chi connectivity index (χ1v) is 11.1. The maximum atomic E-state index is 13.3. The van der Waals surface area contributed by atoms with Crippen molar-refractivity contribution in [1.82, 2.24) is 0 Å². The van der Waals surface area contributed by atoms with Gasteiger partial charge in [0.2, 0.25) is 0 Å². The summed E-state index contributed by atoms with van der Waals surface area (Å²) in [6.07, 6.45) is 3.52. The van der Waals surface area contributed by atoms with Gasteiger partial charge in [-0.05, 0) is 54.8 Å². The number of hydrogen-bond donors (Lipinski definition) is 0. The summed E-state index contributed by atoms with van der Waals surface area (Å²) in [6, 6.07) is 8.97. The van der Waals surface area contributed by atoms with E-state index < -0.39 is 27.5 Å². The van der Waals surface area contributed by atoms with Crippen LogP contribution in [0, 0.1) is 11.7 Å². The first-order chi connectivity index (χ1) is 14.1. The van der Waals surface area contributed by atoms with Crippen molar-refractivity contribution in [2.45, 2.75) is 43.7 Å². The van der Waals surface area contributed by atoms with Gasteiger partial charge in [-0.25, -0.2) is 12.8 Å². The highest BCUT2D eigenvalue weighted by molar-refractivity contribution is 7.95. The van der Waals surface area contributed by atoms with Gasteiger partial charge in [0.05, 0.1) is 0 Å². The van der Waals surface area contributed by atoms with Crippen LogP contribution in [-0.4, -0.2) is 13.9 Å². The molecule has 0 N–H and O–H groups in total. The van der Waals surface area contributed by atoms with Gasteiger partial charge < -0.3 is 9.46 Å². The Balaban J connectivity index is 2.03. The Bertz CT molecular complexity index is 975. The Morgan fingerprint density at radius 2 is 1.67 bits per heavy atom. The zero-order valence-corrected chi connectivity index (χ0v) is 17.3. The number of ether oxygens (including phenoxy) is 1. The Kier molecular flexibility index (Phi) is 6.81. The smallest absolute Gasteiger partial charge is 0.483 e. The maximum absolute atomic E-state index is 13.3. The van der Waals surface area contributed by atoms with Crippen LogP contribution in [0.15, 0.2) is 42.5 Å². The third-order valence-electron chi connectivity index (χ3n) is 4.96. The Labute approximate surface area is 177 Å². The van der Waals surface area contributed by atoms with Gasteiger partial charge in [0.15, 0.2) is 10.0 Å². The highest BCUT2D eigenvalue weighted by atomic mass is 35.5. The fourth-order valence-corrected chi connectivity index (χ4v) is 4.24. The van der Waals surface area contributed by atoms with Crippen LogP contribution in [0.5, 0.6) is 5.75 Å². The average Bonchev–Trinajstić information content (AvgIpc) is 2.69. The normalized spacial score (nSPS) is 16.8. The first kappa shape index (κ1) is 22.7. The van der Waals surface area contributed by atoms with Crippen LogP contribution in [0.2, 0.25) is 5.02 Å². The lowest BCUT2D eigenvalue weighted by Crippen LogP contribution is -2.23. The van der Waals surface area contributed by atoms with Crippen molar-refractivity contribution in [3.05, 3.63) is 63.6 Å². The Morgan fingerprint density at radius 1 is 1.03 bits per heavy atom. The van der Waals surface area contributed by atoms with E-state index in [0.29, 0.717) is 5.75 Å². The van der Waals surface area contributed by atoms with E-state index in [1.54, 1.807) is 0 Å². The fourth-order valence-electron chi connectivity index (χ4n) is 3.53. The largest absolute Gasteiger partial charge is 0.569 e. The summed E-state index contributed by atoms with van der Waals surface area (Å²) in [5.41, 5.74) is -5.76. The van der Waals surface area contributed by atoms with Crippen molar-refractivity contribution < 1.29 is 30.7 Å². The SMILES string of the molecule is O=S(=O)([N-]c1ccc(Cl)cc1C(Oc1ccc(F)cc1)C1CCCCC1)C(F)(F)F. The first-order valence-electron chi connectivity index (χ1n) is 9.33. The summed E-state index contributed by atoms with van der Waals surface area (Å²) in [6.45, 7) is 0. The lowest BCUT2D eigenvalue weighted by atomic mass is 9.82. The molecule has 0 saturated heterocycles. The third-order valence-corrected chi connectivity index (χ3v) is 6.22. The van der Waals surface area contributed by atoms with Crippen molar-refractivity contribution in [3.8, 4) is 5.75 Å². The monoisotopic (exact) mass is 464 g/mol. The molecular weight excluding hydrogens is 446 g/mol. The molecule has 1 aliphatic carbocycles. The van der Waals surface area contributed by atoms with E-state index >= 15 is 0 Å². The summed E-state index contributed by atoms with van der Waals surface area (Å²) in [4.78, 5) is 0. The molecule has 0 spiro atoms. The molecule has 1 saturated carbocycles. The number of hydrogen-bond acceptors (Lipinski definition) is 3. The molecule has 10 heteroatoms. The molecule has 1 fully saturated rings. The summed E-state index contributed by atoms with van der Waals surface area (Å²) in [5, 5.41) is 0.205. The maximum Gasteiger partial charge on any atom is 0.483 e. The zero-order valence-electron chi connectivity index (χ0n) is 15.7. The number of halogens is 5. The van der Waals surface area contributed by atoms with Crippen molar-refractivity contribution in [3.63, 3.8) is 0 Å². The highest BCUT2D eigenvalue weighted by Crippen LogP contribution is 2.45. The summed E-state index contributed by atoms with van der Waals surface area (Å²) in [5.74, 6) is -0.257. The summed E-state index contributed by atoms with van der Waals surface area (Å²) in [7, 11) is -5.75. The van der Waals surface area contributed by atoms with Gasteiger partial charge in [-0.1, -0.05) is 36.9 Å². The van der Waals surface area contributed by atoms with Crippen LogP contribution in [0.25, 0.3) is 4.72 Å². The predicted octanol–water partition coefficient (Wildman–Crippen LogP) is 7.03. The molecule has 3 rings (SSSR count). The van der Waals surface area contributed by atoms with E-state index in [1.165, 1.54) is 36.4 Å². The minimum atomic E-state index is -5.75. The molecule has 164 valence electrons. The summed E-state index contributed by atoms with van der Waals surface area (Å²) < 4.78 is 84.3. The number of sulfonamides is 1. The highest BCUT2D eigenvalue weighted by Gasteiger charge is 2.39. The molecule has 0 heterocycles. The zero-order chi connectivity index (χ0) is 21.9. The van der Waals surface area contributed by atoms with Gasteiger partial charge in [-0.15, -0.1) is 5.69 Å². The van der Waals surface area contributed by atoms with Crippen molar-refractivity contribution in [2.75, 3.05) is 0 Å². The van der Waals surface area contributed by atoms with Crippen LogP contribution in [0.3, 0.4) is 0 Å². The van der Waals surface area contributed by atoms with Gasteiger partial charge >= 0.3 is 5.51 Å². The quantitative estimate of drug-likeness (QED) is 0.431.